The van der Waals surface area contributed by atoms with Crippen molar-refractivity contribution in [3.05, 3.63) is 0 Å². The number of carboxylic acids is 1. The van der Waals surface area contributed by atoms with Crippen molar-refractivity contribution in [2.75, 3.05) is 19.6 Å². The van der Waals surface area contributed by atoms with E-state index in [1.54, 1.807) is 11.8 Å². The summed E-state index contributed by atoms with van der Waals surface area (Å²) < 4.78 is 0. The van der Waals surface area contributed by atoms with Gasteiger partial charge in [-0.2, -0.15) is 0 Å². The van der Waals surface area contributed by atoms with E-state index in [4.69, 9.17) is 5.11 Å². The van der Waals surface area contributed by atoms with E-state index in [1.165, 1.54) is 0 Å². The van der Waals surface area contributed by atoms with E-state index in [0.717, 1.165) is 32.4 Å². The largest absolute Gasteiger partial charge is 0.481 e. The zero-order valence-electron chi connectivity index (χ0n) is 11.4. The number of likely N-dealkylation sites (tertiary alicyclic amines) is 1. The summed E-state index contributed by atoms with van der Waals surface area (Å²) in [6.07, 6.45) is 3.31. The highest BCUT2D eigenvalue weighted by molar-refractivity contribution is 5.85. The zero-order valence-corrected chi connectivity index (χ0v) is 11.4. The fourth-order valence-electron chi connectivity index (χ4n) is 2.19. The van der Waals surface area contributed by atoms with Crippen LogP contribution >= 0.6 is 0 Å². The molecule has 0 spiro atoms. The minimum absolute atomic E-state index is 0.0125. The average molecular weight is 270 g/mol. The topological polar surface area (TPSA) is 86.7 Å². The van der Waals surface area contributed by atoms with Gasteiger partial charge in [0, 0.05) is 25.9 Å². The van der Waals surface area contributed by atoms with Gasteiger partial charge in [0.15, 0.2) is 0 Å². The molecule has 0 radical (unpaired) electrons. The molecule has 108 valence electrons. The molecule has 1 aliphatic rings. The van der Waals surface area contributed by atoms with Gasteiger partial charge in [-0.1, -0.05) is 6.92 Å². The molecule has 6 heteroatoms. The van der Waals surface area contributed by atoms with Crippen LogP contribution in [0.25, 0.3) is 0 Å². The lowest BCUT2D eigenvalue weighted by Crippen LogP contribution is -2.42. The summed E-state index contributed by atoms with van der Waals surface area (Å²) in [6, 6.07) is 0. The van der Waals surface area contributed by atoms with Crippen molar-refractivity contribution in [3.63, 3.8) is 0 Å². The average Bonchev–Trinajstić information content (AvgIpc) is 2.36. The summed E-state index contributed by atoms with van der Waals surface area (Å²) in [5.41, 5.74) is 0. The summed E-state index contributed by atoms with van der Waals surface area (Å²) >= 11 is 0. The minimum Gasteiger partial charge on any atom is -0.481 e. The predicted molar refractivity (Wildman–Crippen MR) is 69.5 cm³/mol. The molecule has 1 atom stereocenters. The van der Waals surface area contributed by atoms with Gasteiger partial charge in [-0.15, -0.1) is 0 Å². The Kier molecular flexibility index (Phi) is 6.32. The van der Waals surface area contributed by atoms with E-state index in [0.29, 0.717) is 0 Å². The number of carboxylic acid groups (broad SMARTS) is 1. The molecule has 0 bridgehead atoms. The molecule has 6 nitrogen and oxygen atoms in total. The maximum Gasteiger partial charge on any atom is 0.303 e. The van der Waals surface area contributed by atoms with E-state index in [1.807, 2.05) is 0 Å². The Bertz CT molecular complexity index is 338. The van der Waals surface area contributed by atoms with Crippen molar-refractivity contribution >= 4 is 17.8 Å². The second kappa shape index (κ2) is 7.76. The first-order chi connectivity index (χ1) is 8.99. The van der Waals surface area contributed by atoms with E-state index < -0.39 is 5.97 Å². The Balaban J connectivity index is 2.21. The second-order valence-corrected chi connectivity index (χ2v) is 5.13. The van der Waals surface area contributed by atoms with E-state index >= 15 is 0 Å². The Hall–Kier alpha value is -1.59. The molecule has 0 saturated carbocycles. The molecule has 0 aromatic heterocycles. The molecule has 1 aliphatic heterocycles. The smallest absolute Gasteiger partial charge is 0.303 e. The van der Waals surface area contributed by atoms with Gasteiger partial charge >= 0.3 is 5.97 Å². The maximum atomic E-state index is 11.8. The van der Waals surface area contributed by atoms with Gasteiger partial charge in [-0.05, 0) is 25.2 Å². The van der Waals surface area contributed by atoms with Crippen LogP contribution in [0.5, 0.6) is 0 Å². The van der Waals surface area contributed by atoms with Gasteiger partial charge < -0.3 is 15.3 Å². The number of rotatable bonds is 6. The molecule has 1 unspecified atom stereocenters. The zero-order chi connectivity index (χ0) is 14.3. The normalized spacial score (nSPS) is 16.8. The molecule has 0 aromatic carbocycles. The molecule has 1 heterocycles. The van der Waals surface area contributed by atoms with Crippen LogP contribution in [0, 0.1) is 5.92 Å². The first-order valence-corrected chi connectivity index (χ1v) is 6.75. The highest BCUT2D eigenvalue weighted by Gasteiger charge is 2.18. The number of nitrogens with zero attached hydrogens (tertiary/aromatic N) is 1. The van der Waals surface area contributed by atoms with Crippen molar-refractivity contribution in [3.8, 4) is 0 Å². The third-order valence-corrected chi connectivity index (χ3v) is 3.20. The highest BCUT2D eigenvalue weighted by Crippen LogP contribution is 2.09. The van der Waals surface area contributed by atoms with Crippen LogP contribution in [-0.2, 0) is 14.4 Å². The van der Waals surface area contributed by atoms with Crippen molar-refractivity contribution in [2.45, 2.75) is 39.0 Å². The fraction of sp³-hybridized carbons (Fsp3) is 0.769. The quantitative estimate of drug-likeness (QED) is 0.740. The number of carbonyl (C=O) groups excluding carboxylic acids is 2. The molecule has 1 saturated heterocycles. The molecule has 2 N–H and O–H groups in total. The van der Waals surface area contributed by atoms with E-state index in [9.17, 15) is 14.4 Å². The van der Waals surface area contributed by atoms with E-state index in [2.05, 4.69) is 5.32 Å². The number of carbonyl (C=O) groups is 3. The maximum absolute atomic E-state index is 11.8. The standard InChI is InChI=1S/C13H22N2O4/c1-10(8-13(18)19)7-11(16)14-9-12(17)15-5-3-2-4-6-15/h10H,2-9H2,1H3,(H,14,16)(H,18,19). The lowest BCUT2D eigenvalue weighted by molar-refractivity contribution is -0.138. The van der Waals surface area contributed by atoms with Crippen LogP contribution in [0.1, 0.15) is 39.0 Å². The number of amides is 2. The summed E-state index contributed by atoms with van der Waals surface area (Å²) in [5, 5.41) is 11.2. The van der Waals surface area contributed by atoms with Crippen LogP contribution in [0.2, 0.25) is 0 Å². The highest BCUT2D eigenvalue weighted by atomic mass is 16.4. The van der Waals surface area contributed by atoms with Gasteiger partial charge in [-0.25, -0.2) is 0 Å². The molecular formula is C13H22N2O4. The fourth-order valence-corrected chi connectivity index (χ4v) is 2.19. The molecule has 1 fully saturated rings. The first-order valence-electron chi connectivity index (χ1n) is 6.75. The summed E-state index contributed by atoms with van der Waals surface area (Å²) in [7, 11) is 0. The Morgan fingerprint density at radius 3 is 2.37 bits per heavy atom. The molecule has 0 aromatic rings. The van der Waals surface area contributed by atoms with Crippen molar-refractivity contribution in [1.29, 1.82) is 0 Å². The van der Waals surface area contributed by atoms with Crippen LogP contribution in [0.15, 0.2) is 0 Å². The van der Waals surface area contributed by atoms with Gasteiger partial charge in [0.2, 0.25) is 11.8 Å². The number of nitrogens with one attached hydrogen (secondary N) is 1. The van der Waals surface area contributed by atoms with Crippen LogP contribution in [0.4, 0.5) is 0 Å². The SMILES string of the molecule is CC(CC(=O)O)CC(=O)NCC(=O)N1CCCCC1. The second-order valence-electron chi connectivity index (χ2n) is 5.13. The summed E-state index contributed by atoms with van der Waals surface area (Å²) in [4.78, 5) is 35.6. The Morgan fingerprint density at radius 1 is 1.16 bits per heavy atom. The van der Waals surface area contributed by atoms with Crippen molar-refractivity contribution in [1.82, 2.24) is 10.2 Å². The van der Waals surface area contributed by atoms with Gasteiger partial charge in [0.1, 0.15) is 0 Å². The first kappa shape index (κ1) is 15.5. The lowest BCUT2D eigenvalue weighted by Gasteiger charge is -2.26. The number of piperidine rings is 1. The van der Waals surface area contributed by atoms with Gasteiger partial charge in [0.05, 0.1) is 6.54 Å². The minimum atomic E-state index is -0.912. The van der Waals surface area contributed by atoms with Crippen LogP contribution in [0.3, 0.4) is 0 Å². The summed E-state index contributed by atoms with van der Waals surface area (Å²) in [5.74, 6) is -1.45. The van der Waals surface area contributed by atoms with Crippen molar-refractivity contribution < 1.29 is 19.5 Å². The third-order valence-electron chi connectivity index (χ3n) is 3.20. The van der Waals surface area contributed by atoms with E-state index in [-0.39, 0.29) is 37.1 Å². The van der Waals surface area contributed by atoms with Gasteiger partial charge in [-0.3, -0.25) is 14.4 Å². The third kappa shape index (κ3) is 6.22. The van der Waals surface area contributed by atoms with Crippen LogP contribution < -0.4 is 5.32 Å². The predicted octanol–water partition coefficient (Wildman–Crippen LogP) is 0.616. The van der Waals surface area contributed by atoms with Crippen LogP contribution in [-0.4, -0.2) is 47.4 Å². The molecule has 2 amide bonds. The molecule has 1 rings (SSSR count). The number of hydrogen-bond donors (Lipinski definition) is 2. The number of hydrogen-bond acceptors (Lipinski definition) is 3. The Morgan fingerprint density at radius 2 is 1.79 bits per heavy atom. The summed E-state index contributed by atoms with van der Waals surface area (Å²) in [6.45, 7) is 3.26. The molecular weight excluding hydrogens is 248 g/mol. The monoisotopic (exact) mass is 270 g/mol. The van der Waals surface area contributed by atoms with Crippen molar-refractivity contribution in [2.24, 2.45) is 5.92 Å². The Labute approximate surface area is 113 Å². The van der Waals surface area contributed by atoms with Gasteiger partial charge in [0.25, 0.3) is 0 Å². The number of aliphatic carboxylic acids is 1. The molecule has 19 heavy (non-hydrogen) atoms. The lowest BCUT2D eigenvalue weighted by atomic mass is 10.0. The molecule has 0 aliphatic carbocycles.